The minimum absolute atomic E-state index is 0.0915. The van der Waals surface area contributed by atoms with Crippen molar-refractivity contribution >= 4 is 16.0 Å². The van der Waals surface area contributed by atoms with Crippen molar-refractivity contribution in [3.05, 3.63) is 35.4 Å². The Kier molecular flexibility index (Phi) is 6.37. The monoisotopic (exact) mass is 310 g/mol. The van der Waals surface area contributed by atoms with Crippen LogP contribution in [0, 0.1) is 11.8 Å². The first-order valence-corrected chi connectivity index (χ1v) is 7.79. The van der Waals surface area contributed by atoms with Gasteiger partial charge in [-0.05, 0) is 24.6 Å². The van der Waals surface area contributed by atoms with E-state index in [0.717, 1.165) is 18.2 Å². The Balaban J connectivity index is 2.68. The van der Waals surface area contributed by atoms with Crippen molar-refractivity contribution in [2.45, 2.75) is 18.7 Å². The molecule has 0 spiro atoms. The number of ether oxygens (including phenoxy) is 1. The zero-order valence-electron chi connectivity index (χ0n) is 11.9. The molecule has 7 heteroatoms. The maximum absolute atomic E-state index is 11.9. The van der Waals surface area contributed by atoms with E-state index in [1.54, 1.807) is 24.3 Å². The smallest absolute Gasteiger partial charge is 0.325 e. The van der Waals surface area contributed by atoms with Gasteiger partial charge in [-0.2, -0.15) is 0 Å². The van der Waals surface area contributed by atoms with Gasteiger partial charge in [0.25, 0.3) is 0 Å². The van der Waals surface area contributed by atoms with Crippen LogP contribution in [0.4, 0.5) is 0 Å². The van der Waals surface area contributed by atoms with Crippen molar-refractivity contribution in [3.63, 3.8) is 0 Å². The van der Waals surface area contributed by atoms with Crippen LogP contribution in [0.5, 0.6) is 0 Å². The molecular weight excluding hydrogens is 292 g/mol. The van der Waals surface area contributed by atoms with Crippen LogP contribution in [0.1, 0.15) is 18.1 Å². The molecule has 0 amide bonds. The standard InChI is InChI=1S/C14H18N2O4S/c1-11(14(17)20-2)21(18,19)16-10-13-7-5-12(6-8-13)4-3-9-15/h5-8,11,16H,9-10,15H2,1-2H3. The van der Waals surface area contributed by atoms with E-state index >= 15 is 0 Å². The molecule has 21 heavy (non-hydrogen) atoms. The molecule has 3 N–H and O–H groups in total. The van der Waals surface area contributed by atoms with Gasteiger partial charge in [0, 0.05) is 12.1 Å². The van der Waals surface area contributed by atoms with Crippen LogP contribution in [-0.2, 0) is 26.1 Å². The lowest BCUT2D eigenvalue weighted by atomic mass is 10.1. The molecule has 0 saturated heterocycles. The summed E-state index contributed by atoms with van der Waals surface area (Å²) < 4.78 is 30.5. The number of methoxy groups -OCH3 is 1. The highest BCUT2D eigenvalue weighted by molar-refractivity contribution is 7.90. The topological polar surface area (TPSA) is 98.5 Å². The fraction of sp³-hybridized carbons (Fsp3) is 0.357. The summed E-state index contributed by atoms with van der Waals surface area (Å²) in [5.41, 5.74) is 6.84. The molecule has 0 aliphatic heterocycles. The number of nitrogens with two attached hydrogens (primary N) is 1. The quantitative estimate of drug-likeness (QED) is 0.588. The van der Waals surface area contributed by atoms with Crippen LogP contribution in [-0.4, -0.2) is 33.3 Å². The van der Waals surface area contributed by atoms with Crippen molar-refractivity contribution in [1.82, 2.24) is 4.72 Å². The maximum atomic E-state index is 11.9. The number of rotatable bonds is 5. The van der Waals surface area contributed by atoms with Gasteiger partial charge in [-0.1, -0.05) is 24.0 Å². The van der Waals surface area contributed by atoms with Gasteiger partial charge in [-0.15, -0.1) is 0 Å². The average Bonchev–Trinajstić information content (AvgIpc) is 2.50. The third-order valence-corrected chi connectivity index (χ3v) is 4.43. The summed E-state index contributed by atoms with van der Waals surface area (Å²) in [6.45, 7) is 1.65. The fourth-order valence-corrected chi connectivity index (χ4v) is 2.43. The fourth-order valence-electron chi connectivity index (χ4n) is 1.46. The molecule has 0 saturated carbocycles. The van der Waals surface area contributed by atoms with Gasteiger partial charge >= 0.3 is 5.97 Å². The molecule has 1 rings (SSSR count). The highest BCUT2D eigenvalue weighted by Crippen LogP contribution is 2.06. The Morgan fingerprint density at radius 3 is 2.52 bits per heavy atom. The van der Waals surface area contributed by atoms with E-state index in [-0.39, 0.29) is 13.1 Å². The second kappa shape index (κ2) is 7.78. The van der Waals surface area contributed by atoms with Crippen LogP contribution in [0.25, 0.3) is 0 Å². The van der Waals surface area contributed by atoms with Gasteiger partial charge in [0.05, 0.1) is 13.7 Å². The van der Waals surface area contributed by atoms with E-state index in [2.05, 4.69) is 21.3 Å². The summed E-state index contributed by atoms with van der Waals surface area (Å²) in [6.07, 6.45) is 0. The minimum Gasteiger partial charge on any atom is -0.468 e. The first kappa shape index (κ1) is 17.2. The molecule has 114 valence electrons. The molecule has 0 heterocycles. The first-order chi connectivity index (χ1) is 9.90. The number of nitrogens with one attached hydrogen (secondary N) is 1. The number of carbonyl (C=O) groups is 1. The van der Waals surface area contributed by atoms with Gasteiger partial charge in [0.2, 0.25) is 10.0 Å². The van der Waals surface area contributed by atoms with E-state index in [9.17, 15) is 13.2 Å². The van der Waals surface area contributed by atoms with E-state index in [1.165, 1.54) is 6.92 Å². The Labute approximate surface area is 124 Å². The molecule has 0 radical (unpaired) electrons. The van der Waals surface area contributed by atoms with Crippen LogP contribution in [0.3, 0.4) is 0 Å². The number of sulfonamides is 1. The number of hydrogen-bond donors (Lipinski definition) is 2. The van der Waals surface area contributed by atoms with Gasteiger partial charge < -0.3 is 10.5 Å². The number of hydrogen-bond acceptors (Lipinski definition) is 5. The molecule has 1 unspecified atom stereocenters. The van der Waals surface area contributed by atoms with Crippen LogP contribution < -0.4 is 10.5 Å². The zero-order chi connectivity index (χ0) is 15.9. The van der Waals surface area contributed by atoms with Crippen LogP contribution >= 0.6 is 0 Å². The van der Waals surface area contributed by atoms with Gasteiger partial charge in [-0.25, -0.2) is 13.1 Å². The van der Waals surface area contributed by atoms with Crippen molar-refractivity contribution in [3.8, 4) is 11.8 Å². The zero-order valence-corrected chi connectivity index (χ0v) is 12.7. The van der Waals surface area contributed by atoms with Crippen molar-refractivity contribution in [2.75, 3.05) is 13.7 Å². The molecule has 1 aromatic carbocycles. The number of benzene rings is 1. The van der Waals surface area contributed by atoms with E-state index in [1.807, 2.05) is 0 Å². The van der Waals surface area contributed by atoms with Crippen LogP contribution in [0.15, 0.2) is 24.3 Å². The summed E-state index contributed by atoms with van der Waals surface area (Å²) >= 11 is 0. The molecule has 6 nitrogen and oxygen atoms in total. The molecule has 0 aromatic heterocycles. The summed E-state index contributed by atoms with van der Waals surface area (Å²) in [4.78, 5) is 11.2. The van der Waals surface area contributed by atoms with Crippen molar-refractivity contribution in [1.29, 1.82) is 0 Å². The first-order valence-electron chi connectivity index (χ1n) is 6.25. The minimum atomic E-state index is -3.76. The summed E-state index contributed by atoms with van der Waals surface area (Å²) in [6, 6.07) is 7.06. The highest BCUT2D eigenvalue weighted by Gasteiger charge is 2.28. The number of carbonyl (C=O) groups excluding carboxylic acids is 1. The molecule has 0 bridgehead atoms. The van der Waals surface area contributed by atoms with E-state index < -0.39 is 21.2 Å². The van der Waals surface area contributed by atoms with Crippen molar-refractivity contribution in [2.24, 2.45) is 5.73 Å². The lowest BCUT2D eigenvalue weighted by molar-refractivity contribution is -0.139. The molecule has 1 aromatic rings. The normalized spacial score (nSPS) is 12.1. The lowest BCUT2D eigenvalue weighted by Gasteiger charge is -2.12. The predicted octanol–water partition coefficient (Wildman–Crippen LogP) is -0.0223. The highest BCUT2D eigenvalue weighted by atomic mass is 32.2. The molecule has 0 aliphatic carbocycles. The summed E-state index contributed by atoms with van der Waals surface area (Å²) in [5, 5.41) is -1.25. The Hall–Kier alpha value is -1.88. The summed E-state index contributed by atoms with van der Waals surface area (Å²) in [7, 11) is -2.61. The van der Waals surface area contributed by atoms with Crippen molar-refractivity contribution < 1.29 is 17.9 Å². The Morgan fingerprint density at radius 1 is 1.38 bits per heavy atom. The van der Waals surface area contributed by atoms with E-state index in [0.29, 0.717) is 0 Å². The predicted molar refractivity (Wildman–Crippen MR) is 79.6 cm³/mol. The third kappa shape index (κ3) is 5.19. The van der Waals surface area contributed by atoms with Gasteiger partial charge in [0.1, 0.15) is 0 Å². The van der Waals surface area contributed by atoms with Crippen LogP contribution in [0.2, 0.25) is 0 Å². The molecular formula is C14H18N2O4S. The Morgan fingerprint density at radius 2 is 2.00 bits per heavy atom. The second-order valence-corrected chi connectivity index (χ2v) is 6.32. The largest absolute Gasteiger partial charge is 0.468 e. The molecule has 0 fully saturated rings. The third-order valence-electron chi connectivity index (χ3n) is 2.76. The maximum Gasteiger partial charge on any atom is 0.325 e. The Bertz CT molecular complexity index is 642. The lowest BCUT2D eigenvalue weighted by Crippen LogP contribution is -2.37. The molecule has 1 atom stereocenters. The number of esters is 1. The summed E-state index contributed by atoms with van der Waals surface area (Å²) in [5.74, 6) is 4.80. The SMILES string of the molecule is COC(=O)C(C)S(=O)(=O)NCc1ccc(C#CCN)cc1. The average molecular weight is 310 g/mol. The van der Waals surface area contributed by atoms with E-state index in [4.69, 9.17) is 5.73 Å². The second-order valence-electron chi connectivity index (χ2n) is 4.23. The van der Waals surface area contributed by atoms with Gasteiger partial charge in [0.15, 0.2) is 5.25 Å². The van der Waals surface area contributed by atoms with Gasteiger partial charge in [-0.3, -0.25) is 4.79 Å². The molecule has 0 aliphatic rings.